The highest BCUT2D eigenvalue weighted by Gasteiger charge is 2.30. The largest absolute Gasteiger partial charge is 0.334 e. The van der Waals surface area contributed by atoms with Crippen LogP contribution in [-0.4, -0.2) is 22.4 Å². The zero-order valence-electron chi connectivity index (χ0n) is 10.7. The van der Waals surface area contributed by atoms with Crippen LogP contribution in [0.15, 0.2) is 23.5 Å². The Labute approximate surface area is 111 Å². The Hall–Kier alpha value is -1.10. The molecule has 0 bridgehead atoms. The molecule has 0 spiro atoms. The first-order chi connectivity index (χ1) is 8.67. The molecule has 18 heavy (non-hydrogen) atoms. The Kier molecular flexibility index (Phi) is 4.22. The van der Waals surface area contributed by atoms with E-state index in [1.807, 2.05) is 0 Å². The SMILES string of the molecule is CCC1(CC)CN=C(Nc2cncc(F)c2)SC1. The van der Waals surface area contributed by atoms with Gasteiger partial charge >= 0.3 is 0 Å². The van der Waals surface area contributed by atoms with E-state index in [0.717, 1.165) is 30.3 Å². The molecular formula is C13H18FN3S. The van der Waals surface area contributed by atoms with Crippen molar-refractivity contribution in [1.82, 2.24) is 4.98 Å². The van der Waals surface area contributed by atoms with Crippen LogP contribution in [0.25, 0.3) is 0 Å². The van der Waals surface area contributed by atoms with Crippen LogP contribution < -0.4 is 5.32 Å². The molecule has 0 saturated heterocycles. The number of amidine groups is 1. The topological polar surface area (TPSA) is 37.3 Å². The highest BCUT2D eigenvalue weighted by atomic mass is 32.2. The summed E-state index contributed by atoms with van der Waals surface area (Å²) in [6.45, 7) is 5.28. The monoisotopic (exact) mass is 267 g/mol. The van der Waals surface area contributed by atoms with Crippen molar-refractivity contribution in [3.05, 3.63) is 24.3 Å². The van der Waals surface area contributed by atoms with Gasteiger partial charge in [0.25, 0.3) is 0 Å². The predicted octanol–water partition coefficient (Wildman–Crippen LogP) is 3.54. The molecule has 0 aromatic carbocycles. The van der Waals surface area contributed by atoms with Crippen molar-refractivity contribution >= 4 is 22.6 Å². The number of thioether (sulfide) groups is 1. The Bertz CT molecular complexity index is 444. The number of hydrogen-bond acceptors (Lipinski definition) is 4. The maximum atomic E-state index is 13.0. The van der Waals surface area contributed by atoms with Crippen molar-refractivity contribution in [3.8, 4) is 0 Å². The summed E-state index contributed by atoms with van der Waals surface area (Å²) in [5, 5.41) is 3.98. The summed E-state index contributed by atoms with van der Waals surface area (Å²) >= 11 is 1.71. The van der Waals surface area contributed by atoms with Gasteiger partial charge in [0, 0.05) is 18.4 Å². The van der Waals surface area contributed by atoms with Gasteiger partial charge in [-0.15, -0.1) is 0 Å². The number of anilines is 1. The molecule has 5 heteroatoms. The van der Waals surface area contributed by atoms with Gasteiger partial charge in [-0.25, -0.2) is 4.39 Å². The van der Waals surface area contributed by atoms with Gasteiger partial charge in [0.15, 0.2) is 5.17 Å². The lowest BCUT2D eigenvalue weighted by atomic mass is 9.84. The second kappa shape index (κ2) is 5.69. The molecule has 3 nitrogen and oxygen atoms in total. The zero-order valence-corrected chi connectivity index (χ0v) is 11.6. The molecule has 0 fully saturated rings. The molecule has 2 heterocycles. The number of aliphatic imine (C=N–C) groups is 1. The van der Waals surface area contributed by atoms with Crippen molar-refractivity contribution in [1.29, 1.82) is 0 Å². The van der Waals surface area contributed by atoms with Gasteiger partial charge in [0.2, 0.25) is 0 Å². The normalized spacial score (nSPS) is 18.3. The van der Waals surface area contributed by atoms with E-state index in [2.05, 4.69) is 29.1 Å². The smallest absolute Gasteiger partial charge is 0.161 e. The molecule has 1 aromatic rings. The van der Waals surface area contributed by atoms with Gasteiger partial charge in [-0.1, -0.05) is 25.6 Å². The molecule has 1 aromatic heterocycles. The van der Waals surface area contributed by atoms with E-state index in [1.165, 1.54) is 12.3 Å². The summed E-state index contributed by atoms with van der Waals surface area (Å²) in [7, 11) is 0. The first-order valence-corrected chi connectivity index (χ1v) is 7.21. The summed E-state index contributed by atoms with van der Waals surface area (Å²) in [4.78, 5) is 8.38. The number of rotatable bonds is 3. The third-order valence-corrected chi connectivity index (χ3v) is 4.79. The first kappa shape index (κ1) is 13.3. The molecule has 0 atom stereocenters. The second-order valence-corrected chi connectivity index (χ2v) is 5.60. The minimum Gasteiger partial charge on any atom is -0.334 e. The zero-order chi connectivity index (χ0) is 13.0. The van der Waals surface area contributed by atoms with E-state index in [9.17, 15) is 4.39 Å². The molecule has 1 aliphatic heterocycles. The highest BCUT2D eigenvalue weighted by molar-refractivity contribution is 8.14. The fraction of sp³-hybridized carbons (Fsp3) is 0.538. The van der Waals surface area contributed by atoms with Crippen molar-refractivity contribution in [2.24, 2.45) is 10.4 Å². The third kappa shape index (κ3) is 3.02. The second-order valence-electron chi connectivity index (χ2n) is 4.63. The summed E-state index contributed by atoms with van der Waals surface area (Å²) in [5.41, 5.74) is 0.984. The van der Waals surface area contributed by atoms with E-state index in [4.69, 9.17) is 0 Å². The minimum atomic E-state index is -0.335. The molecule has 98 valence electrons. The Balaban J connectivity index is 2.02. The van der Waals surface area contributed by atoms with Gasteiger partial charge in [0.1, 0.15) is 5.82 Å². The van der Waals surface area contributed by atoms with E-state index < -0.39 is 0 Å². The molecule has 0 radical (unpaired) electrons. The molecule has 1 aliphatic rings. The van der Waals surface area contributed by atoms with Gasteiger partial charge < -0.3 is 5.32 Å². The Morgan fingerprint density at radius 2 is 2.17 bits per heavy atom. The highest BCUT2D eigenvalue weighted by Crippen LogP contribution is 2.35. The standard InChI is InChI=1S/C13H18FN3S/c1-3-13(4-2)8-16-12(18-9-13)17-11-5-10(14)6-15-7-11/h5-7H,3-4,8-9H2,1-2H3,(H,16,17). The molecule has 0 saturated carbocycles. The number of nitrogens with one attached hydrogen (secondary N) is 1. The molecule has 2 rings (SSSR count). The first-order valence-electron chi connectivity index (χ1n) is 6.22. The van der Waals surface area contributed by atoms with E-state index in [-0.39, 0.29) is 5.82 Å². The summed E-state index contributed by atoms with van der Waals surface area (Å²) < 4.78 is 13.0. The lowest BCUT2D eigenvalue weighted by molar-refractivity contribution is 0.318. The maximum absolute atomic E-state index is 13.0. The third-order valence-electron chi connectivity index (χ3n) is 3.53. The van der Waals surface area contributed by atoms with Crippen molar-refractivity contribution in [3.63, 3.8) is 0 Å². The van der Waals surface area contributed by atoms with E-state index in [0.29, 0.717) is 11.1 Å². The summed E-state index contributed by atoms with van der Waals surface area (Å²) in [6, 6.07) is 1.43. The number of aromatic nitrogens is 1. The fourth-order valence-electron chi connectivity index (χ4n) is 1.91. The number of hydrogen-bond donors (Lipinski definition) is 1. The number of halogens is 1. The quantitative estimate of drug-likeness (QED) is 0.910. The number of nitrogens with zero attached hydrogens (tertiary/aromatic N) is 2. The van der Waals surface area contributed by atoms with Crippen LogP contribution in [0.5, 0.6) is 0 Å². The lowest BCUT2D eigenvalue weighted by Crippen LogP contribution is -2.32. The molecule has 1 N–H and O–H groups in total. The van der Waals surface area contributed by atoms with Crippen LogP contribution in [-0.2, 0) is 0 Å². The van der Waals surface area contributed by atoms with Gasteiger partial charge in [-0.05, 0) is 18.3 Å². The fourth-order valence-corrected chi connectivity index (χ4v) is 3.20. The van der Waals surface area contributed by atoms with Crippen LogP contribution >= 0.6 is 11.8 Å². The van der Waals surface area contributed by atoms with Crippen LogP contribution in [0.4, 0.5) is 10.1 Å². The Morgan fingerprint density at radius 3 is 2.72 bits per heavy atom. The van der Waals surface area contributed by atoms with Crippen molar-refractivity contribution in [2.75, 3.05) is 17.6 Å². The molecule has 0 unspecified atom stereocenters. The van der Waals surface area contributed by atoms with Crippen molar-refractivity contribution in [2.45, 2.75) is 26.7 Å². The number of pyridine rings is 1. The van der Waals surface area contributed by atoms with Gasteiger partial charge in [-0.3, -0.25) is 9.98 Å². The average molecular weight is 267 g/mol. The van der Waals surface area contributed by atoms with Gasteiger partial charge in [0.05, 0.1) is 18.1 Å². The average Bonchev–Trinajstić information content (AvgIpc) is 2.40. The van der Waals surface area contributed by atoms with Crippen molar-refractivity contribution < 1.29 is 4.39 Å². The predicted molar refractivity (Wildman–Crippen MR) is 75.6 cm³/mol. The Morgan fingerprint density at radius 1 is 1.39 bits per heavy atom. The lowest BCUT2D eigenvalue weighted by Gasteiger charge is -2.33. The van der Waals surface area contributed by atoms with E-state index >= 15 is 0 Å². The van der Waals surface area contributed by atoms with Crippen LogP contribution in [0.2, 0.25) is 0 Å². The van der Waals surface area contributed by atoms with Gasteiger partial charge in [-0.2, -0.15) is 0 Å². The van der Waals surface area contributed by atoms with Crippen LogP contribution in [0.3, 0.4) is 0 Å². The molecule has 0 amide bonds. The minimum absolute atomic E-state index is 0.329. The molecule has 0 aliphatic carbocycles. The van der Waals surface area contributed by atoms with Crippen LogP contribution in [0, 0.1) is 11.2 Å². The van der Waals surface area contributed by atoms with Crippen LogP contribution in [0.1, 0.15) is 26.7 Å². The van der Waals surface area contributed by atoms with E-state index in [1.54, 1.807) is 18.0 Å². The maximum Gasteiger partial charge on any atom is 0.161 e. The molecular weight excluding hydrogens is 249 g/mol. The summed E-state index contributed by atoms with van der Waals surface area (Å²) in [5.74, 6) is 0.729. The summed E-state index contributed by atoms with van der Waals surface area (Å²) in [6.07, 6.45) is 5.09.